The smallest absolute Gasteiger partial charge is 0.326 e. The molecule has 0 saturated carbocycles. The number of halogens is 1. The van der Waals surface area contributed by atoms with Crippen molar-refractivity contribution in [2.24, 2.45) is 5.92 Å². The molecule has 0 radical (unpaired) electrons. The minimum atomic E-state index is -1.04. The van der Waals surface area contributed by atoms with Gasteiger partial charge in [-0.25, -0.2) is 4.79 Å². The summed E-state index contributed by atoms with van der Waals surface area (Å²) in [5, 5.41) is 12.1. The van der Waals surface area contributed by atoms with E-state index in [0.29, 0.717) is 17.2 Å². The van der Waals surface area contributed by atoms with Gasteiger partial charge in [-0.3, -0.25) is 4.79 Å². The Bertz CT molecular complexity index is 516. The number of ether oxygens (including phenoxy) is 1. The van der Waals surface area contributed by atoms with Crippen molar-refractivity contribution in [3.05, 3.63) is 28.8 Å². The van der Waals surface area contributed by atoms with Crippen molar-refractivity contribution in [1.82, 2.24) is 5.32 Å². The van der Waals surface area contributed by atoms with Crippen molar-refractivity contribution in [2.75, 3.05) is 6.61 Å². The van der Waals surface area contributed by atoms with Crippen LogP contribution in [0.4, 0.5) is 0 Å². The molecule has 5 nitrogen and oxygen atoms in total. The van der Waals surface area contributed by atoms with Crippen LogP contribution in [-0.2, 0) is 9.59 Å². The number of aryl methyl sites for hydroxylation is 1. The van der Waals surface area contributed by atoms with Crippen LogP contribution in [-0.4, -0.2) is 29.6 Å². The van der Waals surface area contributed by atoms with Crippen LogP contribution in [0.15, 0.2) is 18.2 Å². The number of hydrogen-bond donors (Lipinski definition) is 2. The molecule has 116 valence electrons. The lowest BCUT2D eigenvalue weighted by Crippen LogP contribution is -2.43. The summed E-state index contributed by atoms with van der Waals surface area (Å²) in [4.78, 5) is 22.8. The van der Waals surface area contributed by atoms with Crippen LogP contribution in [0, 0.1) is 12.8 Å². The first kappa shape index (κ1) is 17.3. The molecule has 0 saturated heterocycles. The number of nitrogens with one attached hydrogen (secondary N) is 1. The largest absolute Gasteiger partial charge is 0.484 e. The molecule has 1 rings (SSSR count). The number of hydrogen-bond acceptors (Lipinski definition) is 3. The Morgan fingerprint density at radius 3 is 2.57 bits per heavy atom. The third kappa shape index (κ3) is 6.04. The first-order chi connectivity index (χ1) is 9.79. The summed E-state index contributed by atoms with van der Waals surface area (Å²) < 4.78 is 5.38. The first-order valence-corrected chi connectivity index (χ1v) is 7.08. The highest BCUT2D eigenvalue weighted by molar-refractivity contribution is 6.30. The number of benzene rings is 1. The van der Waals surface area contributed by atoms with Crippen molar-refractivity contribution in [1.29, 1.82) is 0 Å². The first-order valence-electron chi connectivity index (χ1n) is 6.70. The number of carboxylic acid groups (broad SMARTS) is 1. The molecule has 1 aromatic carbocycles. The molecular formula is C15H20ClNO4. The van der Waals surface area contributed by atoms with Gasteiger partial charge in [0, 0.05) is 5.02 Å². The van der Waals surface area contributed by atoms with E-state index in [4.69, 9.17) is 21.4 Å². The van der Waals surface area contributed by atoms with Gasteiger partial charge in [-0.15, -0.1) is 0 Å². The Morgan fingerprint density at radius 1 is 1.38 bits per heavy atom. The molecule has 1 aromatic rings. The van der Waals surface area contributed by atoms with E-state index in [9.17, 15) is 9.59 Å². The molecule has 21 heavy (non-hydrogen) atoms. The maximum atomic E-state index is 11.8. The van der Waals surface area contributed by atoms with Crippen molar-refractivity contribution >= 4 is 23.5 Å². The SMILES string of the molecule is Cc1cc(Cl)ccc1OCC(=O)N[C@H](CC(C)C)C(=O)O. The summed E-state index contributed by atoms with van der Waals surface area (Å²) in [6, 6.07) is 4.18. The summed E-state index contributed by atoms with van der Waals surface area (Å²) in [6.07, 6.45) is 0.376. The predicted octanol–water partition coefficient (Wildman–Crippen LogP) is 2.64. The number of rotatable bonds is 7. The van der Waals surface area contributed by atoms with Crippen LogP contribution in [0.25, 0.3) is 0 Å². The van der Waals surface area contributed by atoms with Crippen molar-refractivity contribution in [2.45, 2.75) is 33.2 Å². The molecule has 1 amide bonds. The summed E-state index contributed by atoms with van der Waals surface area (Å²) in [5.74, 6) is -0.784. The van der Waals surface area contributed by atoms with E-state index < -0.39 is 17.9 Å². The second-order valence-electron chi connectivity index (χ2n) is 5.29. The van der Waals surface area contributed by atoms with E-state index >= 15 is 0 Å². The predicted molar refractivity (Wildman–Crippen MR) is 80.7 cm³/mol. The normalized spacial score (nSPS) is 12.0. The zero-order valence-corrected chi connectivity index (χ0v) is 13.1. The fourth-order valence-corrected chi connectivity index (χ4v) is 2.07. The van der Waals surface area contributed by atoms with Crippen LogP contribution < -0.4 is 10.1 Å². The molecule has 0 aliphatic heterocycles. The fourth-order valence-electron chi connectivity index (χ4n) is 1.85. The number of carbonyl (C=O) groups excluding carboxylic acids is 1. The van der Waals surface area contributed by atoms with Gasteiger partial charge in [-0.1, -0.05) is 25.4 Å². The topological polar surface area (TPSA) is 75.6 Å². The standard InChI is InChI=1S/C15H20ClNO4/c1-9(2)6-12(15(19)20)17-14(18)8-21-13-5-4-11(16)7-10(13)3/h4-5,7,9,12H,6,8H2,1-3H3,(H,17,18)(H,19,20)/t12-/m1/s1. The van der Waals surface area contributed by atoms with E-state index in [-0.39, 0.29) is 12.5 Å². The molecule has 6 heteroatoms. The minimum absolute atomic E-state index is 0.172. The second-order valence-corrected chi connectivity index (χ2v) is 5.72. The third-order valence-corrected chi connectivity index (χ3v) is 3.07. The van der Waals surface area contributed by atoms with Gasteiger partial charge in [-0.2, -0.15) is 0 Å². The molecule has 0 unspecified atom stereocenters. The van der Waals surface area contributed by atoms with Gasteiger partial charge in [0.05, 0.1) is 0 Å². The Labute approximate surface area is 129 Å². The van der Waals surface area contributed by atoms with Crippen molar-refractivity contribution in [3.8, 4) is 5.75 Å². The number of aliphatic carboxylic acids is 1. The highest BCUT2D eigenvalue weighted by Gasteiger charge is 2.21. The molecule has 0 aliphatic carbocycles. The molecule has 1 atom stereocenters. The van der Waals surface area contributed by atoms with Crippen molar-refractivity contribution in [3.63, 3.8) is 0 Å². The Balaban J connectivity index is 2.54. The van der Waals surface area contributed by atoms with Crippen LogP contribution >= 0.6 is 11.6 Å². The van der Waals surface area contributed by atoms with E-state index in [1.807, 2.05) is 20.8 Å². The lowest BCUT2D eigenvalue weighted by Gasteiger charge is -2.17. The average molecular weight is 314 g/mol. The second kappa shape index (κ2) is 7.88. The van der Waals surface area contributed by atoms with Gasteiger partial charge < -0.3 is 15.2 Å². The molecule has 0 heterocycles. The Kier molecular flexibility index (Phi) is 6.49. The summed E-state index contributed by atoms with van der Waals surface area (Å²) in [7, 11) is 0. The monoisotopic (exact) mass is 313 g/mol. The van der Waals surface area contributed by atoms with E-state index in [0.717, 1.165) is 5.56 Å². The number of amides is 1. The Morgan fingerprint density at radius 2 is 2.05 bits per heavy atom. The van der Waals surface area contributed by atoms with Crippen LogP contribution in [0.2, 0.25) is 5.02 Å². The molecular weight excluding hydrogens is 294 g/mol. The molecule has 0 spiro atoms. The summed E-state index contributed by atoms with van der Waals surface area (Å²) in [5.41, 5.74) is 0.812. The van der Waals surface area contributed by atoms with Gasteiger partial charge in [0.15, 0.2) is 6.61 Å². The van der Waals surface area contributed by atoms with Gasteiger partial charge in [-0.05, 0) is 43.0 Å². The highest BCUT2D eigenvalue weighted by Crippen LogP contribution is 2.21. The zero-order valence-electron chi connectivity index (χ0n) is 12.4. The van der Waals surface area contributed by atoms with E-state index in [2.05, 4.69) is 5.32 Å². The van der Waals surface area contributed by atoms with Gasteiger partial charge in [0.1, 0.15) is 11.8 Å². The zero-order chi connectivity index (χ0) is 16.0. The van der Waals surface area contributed by atoms with Crippen molar-refractivity contribution < 1.29 is 19.4 Å². The molecule has 0 aliphatic rings. The van der Waals surface area contributed by atoms with Crippen LogP contribution in [0.1, 0.15) is 25.8 Å². The van der Waals surface area contributed by atoms with E-state index in [1.165, 1.54) is 0 Å². The number of carbonyl (C=O) groups is 2. The van der Waals surface area contributed by atoms with Gasteiger partial charge >= 0.3 is 5.97 Å². The number of carboxylic acids is 1. The molecule has 2 N–H and O–H groups in total. The van der Waals surface area contributed by atoms with Crippen LogP contribution in [0.5, 0.6) is 5.75 Å². The molecule has 0 aromatic heterocycles. The van der Waals surface area contributed by atoms with E-state index in [1.54, 1.807) is 18.2 Å². The molecule has 0 bridgehead atoms. The summed E-state index contributed by atoms with van der Waals surface area (Å²) in [6.45, 7) is 5.38. The minimum Gasteiger partial charge on any atom is -0.484 e. The quantitative estimate of drug-likeness (QED) is 0.811. The average Bonchev–Trinajstić information content (AvgIpc) is 2.36. The maximum Gasteiger partial charge on any atom is 0.326 e. The molecule has 0 fully saturated rings. The van der Waals surface area contributed by atoms with Crippen LogP contribution in [0.3, 0.4) is 0 Å². The van der Waals surface area contributed by atoms with Gasteiger partial charge in [0.25, 0.3) is 5.91 Å². The summed E-state index contributed by atoms with van der Waals surface area (Å²) >= 11 is 5.83. The maximum absolute atomic E-state index is 11.8. The fraction of sp³-hybridized carbons (Fsp3) is 0.467. The highest BCUT2D eigenvalue weighted by atomic mass is 35.5. The third-order valence-electron chi connectivity index (χ3n) is 2.84. The lowest BCUT2D eigenvalue weighted by atomic mass is 10.0. The Hall–Kier alpha value is -1.75. The van der Waals surface area contributed by atoms with Gasteiger partial charge in [0.2, 0.25) is 0 Å². The lowest BCUT2D eigenvalue weighted by molar-refractivity contribution is -0.142.